The summed E-state index contributed by atoms with van der Waals surface area (Å²) in [6, 6.07) is 0. The summed E-state index contributed by atoms with van der Waals surface area (Å²) in [5, 5.41) is 2.96. The third-order valence-electron chi connectivity index (χ3n) is 4.31. The molecule has 1 N–H and O–H groups in total. The van der Waals surface area contributed by atoms with Gasteiger partial charge in [-0.1, -0.05) is 34.6 Å². The molecule has 0 unspecified atom stereocenters. The molecule has 126 valence electrons. The Morgan fingerprint density at radius 2 is 1.43 bits per heavy atom. The summed E-state index contributed by atoms with van der Waals surface area (Å²) in [7, 11) is 0. The fourth-order valence-corrected chi connectivity index (χ4v) is 2.83. The van der Waals surface area contributed by atoms with Crippen LogP contribution in [0.25, 0.3) is 0 Å². The van der Waals surface area contributed by atoms with Crippen molar-refractivity contribution >= 4 is 5.91 Å². The first-order valence-electron chi connectivity index (χ1n) is 8.01. The van der Waals surface area contributed by atoms with Gasteiger partial charge in [-0.3, -0.25) is 4.79 Å². The fourth-order valence-electron chi connectivity index (χ4n) is 2.83. The standard InChI is InChI=1S/C18H37NO2/c1-14(20)19-17(7,8)11-12-21-18(9,10)16(5,6)13-15(2,3)4/h11-13H2,1-10H3,(H,19,20). The van der Waals surface area contributed by atoms with E-state index < -0.39 is 0 Å². The monoisotopic (exact) mass is 299 g/mol. The predicted octanol–water partition coefficient (Wildman–Crippen LogP) is 4.55. The summed E-state index contributed by atoms with van der Waals surface area (Å²) in [5.41, 5.74) is -0.0638. The van der Waals surface area contributed by atoms with Gasteiger partial charge in [0.05, 0.1) is 5.60 Å². The number of carbonyl (C=O) groups excluding carboxylic acids is 1. The Morgan fingerprint density at radius 1 is 0.952 bits per heavy atom. The quantitative estimate of drug-likeness (QED) is 0.749. The van der Waals surface area contributed by atoms with Crippen LogP contribution < -0.4 is 5.32 Å². The average Bonchev–Trinajstić information content (AvgIpc) is 2.09. The van der Waals surface area contributed by atoms with Gasteiger partial charge >= 0.3 is 0 Å². The first-order valence-corrected chi connectivity index (χ1v) is 8.01. The van der Waals surface area contributed by atoms with Crippen molar-refractivity contribution in [2.24, 2.45) is 10.8 Å². The molecule has 0 fully saturated rings. The first kappa shape index (κ1) is 20.4. The molecule has 0 saturated heterocycles. The molecule has 0 bridgehead atoms. The molecule has 3 heteroatoms. The van der Waals surface area contributed by atoms with Gasteiger partial charge in [-0.05, 0) is 51.4 Å². The lowest BCUT2D eigenvalue weighted by Crippen LogP contribution is -2.46. The van der Waals surface area contributed by atoms with Crippen molar-refractivity contribution in [2.45, 2.75) is 93.2 Å². The summed E-state index contributed by atoms with van der Waals surface area (Å²) in [4.78, 5) is 11.2. The van der Waals surface area contributed by atoms with Gasteiger partial charge in [-0.15, -0.1) is 0 Å². The molecule has 0 atom stereocenters. The van der Waals surface area contributed by atoms with E-state index in [0.717, 1.165) is 12.8 Å². The molecule has 0 heterocycles. The van der Waals surface area contributed by atoms with Crippen LogP contribution in [0.15, 0.2) is 0 Å². The molecule has 21 heavy (non-hydrogen) atoms. The summed E-state index contributed by atoms with van der Waals surface area (Å²) >= 11 is 0. The van der Waals surface area contributed by atoms with E-state index in [2.05, 4.69) is 53.8 Å². The summed E-state index contributed by atoms with van der Waals surface area (Å²) in [6.07, 6.45) is 1.91. The minimum Gasteiger partial charge on any atom is -0.375 e. The van der Waals surface area contributed by atoms with Crippen LogP contribution in [0, 0.1) is 10.8 Å². The van der Waals surface area contributed by atoms with Gasteiger partial charge < -0.3 is 10.1 Å². The highest BCUT2D eigenvalue weighted by Crippen LogP contribution is 2.43. The largest absolute Gasteiger partial charge is 0.375 e. The summed E-state index contributed by atoms with van der Waals surface area (Å²) < 4.78 is 6.21. The maximum atomic E-state index is 11.2. The van der Waals surface area contributed by atoms with Crippen LogP contribution >= 0.6 is 0 Å². The number of ether oxygens (including phenoxy) is 1. The van der Waals surface area contributed by atoms with E-state index in [0.29, 0.717) is 6.61 Å². The molecule has 0 aromatic heterocycles. The van der Waals surface area contributed by atoms with Gasteiger partial charge in [-0.2, -0.15) is 0 Å². The molecule has 0 radical (unpaired) electrons. The Kier molecular flexibility index (Phi) is 6.50. The molecule has 0 aliphatic heterocycles. The number of carbonyl (C=O) groups is 1. The SMILES string of the molecule is CC(=O)NC(C)(C)CCOC(C)(C)C(C)(C)CC(C)(C)C. The van der Waals surface area contributed by atoms with Crippen LogP contribution in [-0.4, -0.2) is 23.7 Å². The molecule has 0 rings (SSSR count). The number of hydrogen-bond acceptors (Lipinski definition) is 2. The Labute approximate surface area is 132 Å². The smallest absolute Gasteiger partial charge is 0.217 e. The van der Waals surface area contributed by atoms with Gasteiger partial charge in [0.2, 0.25) is 5.91 Å². The second-order valence-electron chi connectivity index (χ2n) is 9.30. The zero-order valence-corrected chi connectivity index (χ0v) is 15.9. The fraction of sp³-hybridized carbons (Fsp3) is 0.944. The normalized spacial score (nSPS) is 14.2. The third kappa shape index (κ3) is 7.85. The van der Waals surface area contributed by atoms with Gasteiger partial charge in [0, 0.05) is 19.1 Å². The number of hydrogen-bond donors (Lipinski definition) is 1. The van der Waals surface area contributed by atoms with Crippen molar-refractivity contribution < 1.29 is 9.53 Å². The lowest BCUT2D eigenvalue weighted by molar-refractivity contribution is -0.123. The molecule has 0 aromatic carbocycles. The highest BCUT2D eigenvalue weighted by molar-refractivity contribution is 5.73. The Bertz CT molecular complexity index is 349. The van der Waals surface area contributed by atoms with E-state index in [1.54, 1.807) is 6.92 Å². The minimum atomic E-state index is -0.226. The van der Waals surface area contributed by atoms with Gasteiger partial charge in [0.1, 0.15) is 0 Å². The van der Waals surface area contributed by atoms with E-state index in [9.17, 15) is 4.79 Å². The number of nitrogens with one attached hydrogen (secondary N) is 1. The molecular weight excluding hydrogens is 262 g/mol. The zero-order valence-electron chi connectivity index (χ0n) is 15.9. The van der Waals surface area contributed by atoms with Crippen molar-refractivity contribution in [2.75, 3.05) is 6.61 Å². The summed E-state index contributed by atoms with van der Waals surface area (Å²) in [5.74, 6) is 0.00678. The van der Waals surface area contributed by atoms with Crippen LogP contribution in [0.3, 0.4) is 0 Å². The Balaban J connectivity index is 4.58. The second-order valence-corrected chi connectivity index (χ2v) is 9.30. The minimum absolute atomic E-state index is 0.00678. The van der Waals surface area contributed by atoms with Crippen LogP contribution in [0.2, 0.25) is 0 Å². The molecule has 0 aliphatic rings. The van der Waals surface area contributed by atoms with Crippen LogP contribution in [0.1, 0.15) is 82.1 Å². The molecule has 0 aromatic rings. The molecule has 0 saturated carbocycles. The zero-order chi connectivity index (χ0) is 17.1. The second kappa shape index (κ2) is 6.68. The number of rotatable bonds is 7. The molecular formula is C18H37NO2. The van der Waals surface area contributed by atoms with Crippen LogP contribution in [0.5, 0.6) is 0 Å². The van der Waals surface area contributed by atoms with Crippen LogP contribution in [0.4, 0.5) is 0 Å². The highest BCUT2D eigenvalue weighted by atomic mass is 16.5. The lowest BCUT2D eigenvalue weighted by Gasteiger charge is -2.45. The Hall–Kier alpha value is -0.570. The lowest BCUT2D eigenvalue weighted by atomic mass is 9.67. The summed E-state index contributed by atoms with van der Waals surface area (Å²) in [6.45, 7) is 22.0. The number of amides is 1. The van der Waals surface area contributed by atoms with E-state index >= 15 is 0 Å². The van der Waals surface area contributed by atoms with Gasteiger partial charge in [0.15, 0.2) is 0 Å². The molecule has 1 amide bonds. The van der Waals surface area contributed by atoms with Crippen molar-refractivity contribution in [3.05, 3.63) is 0 Å². The van der Waals surface area contributed by atoms with E-state index in [-0.39, 0.29) is 27.9 Å². The van der Waals surface area contributed by atoms with Crippen molar-refractivity contribution in [1.82, 2.24) is 5.32 Å². The van der Waals surface area contributed by atoms with E-state index in [1.165, 1.54) is 0 Å². The van der Waals surface area contributed by atoms with Crippen molar-refractivity contribution in [3.63, 3.8) is 0 Å². The predicted molar refractivity (Wildman–Crippen MR) is 90.4 cm³/mol. The molecule has 0 spiro atoms. The van der Waals surface area contributed by atoms with Gasteiger partial charge in [0.25, 0.3) is 0 Å². The molecule has 3 nitrogen and oxygen atoms in total. The van der Waals surface area contributed by atoms with Gasteiger partial charge in [-0.25, -0.2) is 0 Å². The van der Waals surface area contributed by atoms with E-state index in [1.807, 2.05) is 13.8 Å². The van der Waals surface area contributed by atoms with E-state index in [4.69, 9.17) is 4.74 Å². The first-order chi connectivity index (χ1) is 9.08. The van der Waals surface area contributed by atoms with Crippen molar-refractivity contribution in [1.29, 1.82) is 0 Å². The Morgan fingerprint density at radius 3 is 1.81 bits per heavy atom. The van der Waals surface area contributed by atoms with Crippen molar-refractivity contribution in [3.8, 4) is 0 Å². The highest BCUT2D eigenvalue weighted by Gasteiger charge is 2.40. The molecule has 0 aliphatic carbocycles. The average molecular weight is 299 g/mol. The third-order valence-corrected chi connectivity index (χ3v) is 4.31. The topological polar surface area (TPSA) is 38.3 Å². The van der Waals surface area contributed by atoms with Crippen LogP contribution in [-0.2, 0) is 9.53 Å². The maximum absolute atomic E-state index is 11.2. The maximum Gasteiger partial charge on any atom is 0.217 e.